The number of nitrogens with one attached hydrogen (secondary N) is 1. The Kier molecular flexibility index (Phi) is 4.66. The van der Waals surface area contributed by atoms with Gasteiger partial charge in [0.2, 0.25) is 0 Å². The second-order valence-electron chi connectivity index (χ2n) is 7.00. The number of fused-ring (bicyclic) bond motifs is 1. The summed E-state index contributed by atoms with van der Waals surface area (Å²) in [6.45, 7) is 1.88. The number of hydrogen-bond donors (Lipinski definition) is 1. The van der Waals surface area contributed by atoms with Crippen LogP contribution in [0.2, 0.25) is 0 Å². The molecule has 0 atom stereocenters. The van der Waals surface area contributed by atoms with E-state index in [9.17, 15) is 9.59 Å². The molecule has 0 unspecified atom stereocenters. The summed E-state index contributed by atoms with van der Waals surface area (Å²) in [7, 11) is 0. The Morgan fingerprint density at radius 2 is 1.78 bits per heavy atom. The molecule has 1 fully saturated rings. The average Bonchev–Trinajstić information content (AvgIpc) is 2.70. The summed E-state index contributed by atoms with van der Waals surface area (Å²) in [5.74, 6) is -0.100. The van der Waals surface area contributed by atoms with Gasteiger partial charge in [0.25, 0.3) is 11.5 Å². The minimum Gasteiger partial charge on any atom is -0.349 e. The SMILES string of the molecule is Cc1ccc(=O)n(C2CCC(NC(=O)c3ccc4nccnc4c3)CC2)n1. The molecular weight excluding hydrogens is 342 g/mol. The summed E-state index contributed by atoms with van der Waals surface area (Å²) in [6.07, 6.45) is 6.55. The molecule has 1 saturated carbocycles. The third kappa shape index (κ3) is 3.72. The van der Waals surface area contributed by atoms with Gasteiger partial charge in [-0.15, -0.1) is 0 Å². The third-order valence-corrected chi connectivity index (χ3v) is 5.07. The maximum atomic E-state index is 12.6. The van der Waals surface area contributed by atoms with Crippen LogP contribution in [-0.4, -0.2) is 31.7 Å². The summed E-state index contributed by atoms with van der Waals surface area (Å²) < 4.78 is 1.59. The molecule has 3 aromatic rings. The zero-order valence-corrected chi connectivity index (χ0v) is 15.1. The highest BCUT2D eigenvalue weighted by Crippen LogP contribution is 2.27. The van der Waals surface area contributed by atoms with Crippen molar-refractivity contribution >= 4 is 16.9 Å². The van der Waals surface area contributed by atoms with Gasteiger partial charge < -0.3 is 5.32 Å². The second kappa shape index (κ2) is 7.26. The number of hydrogen-bond acceptors (Lipinski definition) is 5. The molecule has 0 radical (unpaired) electrons. The van der Waals surface area contributed by atoms with Gasteiger partial charge in [0.05, 0.1) is 22.8 Å². The van der Waals surface area contributed by atoms with Crippen LogP contribution in [0.15, 0.2) is 47.5 Å². The van der Waals surface area contributed by atoms with Crippen LogP contribution in [-0.2, 0) is 0 Å². The topological polar surface area (TPSA) is 89.8 Å². The summed E-state index contributed by atoms with van der Waals surface area (Å²) in [5.41, 5.74) is 2.83. The van der Waals surface area contributed by atoms with Crippen molar-refractivity contribution in [2.24, 2.45) is 0 Å². The van der Waals surface area contributed by atoms with Crippen LogP contribution in [0.25, 0.3) is 11.0 Å². The first-order chi connectivity index (χ1) is 13.1. The molecule has 138 valence electrons. The number of benzene rings is 1. The lowest BCUT2D eigenvalue weighted by Crippen LogP contribution is -2.39. The highest BCUT2D eigenvalue weighted by atomic mass is 16.1. The number of carbonyl (C=O) groups excluding carboxylic acids is 1. The summed E-state index contributed by atoms with van der Waals surface area (Å²) >= 11 is 0. The van der Waals surface area contributed by atoms with Crippen molar-refractivity contribution in [3.63, 3.8) is 0 Å². The predicted octanol–water partition coefficient (Wildman–Crippen LogP) is 2.41. The highest BCUT2D eigenvalue weighted by Gasteiger charge is 2.25. The van der Waals surface area contributed by atoms with Gasteiger partial charge in [-0.3, -0.25) is 19.6 Å². The Balaban J connectivity index is 1.40. The molecule has 27 heavy (non-hydrogen) atoms. The van der Waals surface area contributed by atoms with Gasteiger partial charge in [-0.25, -0.2) is 4.68 Å². The Labute approximate surface area is 156 Å². The molecule has 4 rings (SSSR count). The lowest BCUT2D eigenvalue weighted by atomic mass is 9.91. The second-order valence-corrected chi connectivity index (χ2v) is 7.00. The number of aromatic nitrogens is 4. The van der Waals surface area contributed by atoms with E-state index in [1.807, 2.05) is 13.0 Å². The number of amides is 1. The van der Waals surface area contributed by atoms with E-state index in [1.165, 1.54) is 0 Å². The first-order valence-corrected chi connectivity index (χ1v) is 9.18. The normalized spacial score (nSPS) is 19.7. The molecule has 1 N–H and O–H groups in total. The quantitative estimate of drug-likeness (QED) is 0.772. The van der Waals surface area contributed by atoms with E-state index in [0.717, 1.165) is 36.9 Å². The zero-order chi connectivity index (χ0) is 18.8. The predicted molar refractivity (Wildman–Crippen MR) is 102 cm³/mol. The largest absolute Gasteiger partial charge is 0.349 e. The Hall–Kier alpha value is -3.09. The van der Waals surface area contributed by atoms with Gasteiger partial charge in [-0.2, -0.15) is 5.10 Å². The standard InChI is InChI=1S/C20H21N5O2/c1-13-2-9-19(26)25(24-13)16-6-4-15(5-7-16)23-20(27)14-3-8-17-18(12-14)22-11-10-21-17/h2-3,8-12,15-16H,4-7H2,1H3,(H,23,27). The van der Waals surface area contributed by atoms with Gasteiger partial charge in [0.1, 0.15) is 0 Å². The van der Waals surface area contributed by atoms with Gasteiger partial charge in [0.15, 0.2) is 0 Å². The van der Waals surface area contributed by atoms with E-state index in [0.29, 0.717) is 11.1 Å². The first-order valence-electron chi connectivity index (χ1n) is 9.18. The number of nitrogens with zero attached hydrogens (tertiary/aromatic N) is 4. The van der Waals surface area contributed by atoms with E-state index >= 15 is 0 Å². The van der Waals surface area contributed by atoms with Crippen LogP contribution < -0.4 is 10.9 Å². The molecule has 0 saturated heterocycles. The Morgan fingerprint density at radius 1 is 1.04 bits per heavy atom. The first kappa shape index (κ1) is 17.3. The zero-order valence-electron chi connectivity index (χ0n) is 15.1. The van der Waals surface area contributed by atoms with Crippen molar-refractivity contribution < 1.29 is 4.79 Å². The van der Waals surface area contributed by atoms with Crippen LogP contribution in [0.5, 0.6) is 0 Å². The summed E-state index contributed by atoms with van der Waals surface area (Å²) in [4.78, 5) is 33.1. The molecule has 2 heterocycles. The van der Waals surface area contributed by atoms with Crippen molar-refractivity contribution in [3.8, 4) is 0 Å². The van der Waals surface area contributed by atoms with E-state index in [4.69, 9.17) is 0 Å². The average molecular weight is 363 g/mol. The highest BCUT2D eigenvalue weighted by molar-refractivity contribution is 5.97. The van der Waals surface area contributed by atoms with Crippen LogP contribution in [0.4, 0.5) is 0 Å². The molecule has 0 bridgehead atoms. The van der Waals surface area contributed by atoms with Crippen LogP contribution >= 0.6 is 0 Å². The van der Waals surface area contributed by atoms with Crippen LogP contribution in [0.1, 0.15) is 47.8 Å². The van der Waals surface area contributed by atoms with Crippen molar-refractivity contribution in [1.82, 2.24) is 25.1 Å². The van der Waals surface area contributed by atoms with Crippen molar-refractivity contribution in [3.05, 3.63) is 64.3 Å². The molecule has 1 aliphatic rings. The smallest absolute Gasteiger partial charge is 0.267 e. The summed E-state index contributed by atoms with van der Waals surface area (Å²) in [6, 6.07) is 8.85. The number of carbonyl (C=O) groups is 1. The van der Waals surface area contributed by atoms with E-state index in [2.05, 4.69) is 20.4 Å². The number of rotatable bonds is 3. The van der Waals surface area contributed by atoms with E-state index in [1.54, 1.807) is 41.3 Å². The maximum absolute atomic E-state index is 12.6. The molecule has 7 heteroatoms. The van der Waals surface area contributed by atoms with Gasteiger partial charge in [-0.05, 0) is 56.9 Å². The van der Waals surface area contributed by atoms with E-state index < -0.39 is 0 Å². The lowest BCUT2D eigenvalue weighted by Gasteiger charge is -2.29. The van der Waals surface area contributed by atoms with Gasteiger partial charge in [-0.1, -0.05) is 0 Å². The Bertz CT molecular complexity index is 1040. The molecule has 7 nitrogen and oxygen atoms in total. The van der Waals surface area contributed by atoms with Gasteiger partial charge >= 0.3 is 0 Å². The molecule has 1 aliphatic carbocycles. The molecule has 0 spiro atoms. The van der Waals surface area contributed by atoms with E-state index in [-0.39, 0.29) is 23.6 Å². The fourth-order valence-electron chi connectivity index (χ4n) is 3.62. The maximum Gasteiger partial charge on any atom is 0.267 e. The molecule has 0 aliphatic heterocycles. The Morgan fingerprint density at radius 3 is 2.56 bits per heavy atom. The minimum absolute atomic E-state index is 0.0645. The van der Waals surface area contributed by atoms with Crippen LogP contribution in [0.3, 0.4) is 0 Å². The monoisotopic (exact) mass is 363 g/mol. The number of aryl methyl sites for hydroxylation is 1. The van der Waals surface area contributed by atoms with Crippen molar-refractivity contribution in [2.75, 3.05) is 0 Å². The fourth-order valence-corrected chi connectivity index (χ4v) is 3.62. The van der Waals surface area contributed by atoms with Gasteiger partial charge in [0, 0.05) is 30.1 Å². The molecule has 2 aromatic heterocycles. The third-order valence-electron chi connectivity index (χ3n) is 5.07. The molecule has 1 amide bonds. The molecule has 1 aromatic carbocycles. The van der Waals surface area contributed by atoms with Crippen molar-refractivity contribution in [1.29, 1.82) is 0 Å². The van der Waals surface area contributed by atoms with Crippen molar-refractivity contribution in [2.45, 2.75) is 44.7 Å². The van der Waals surface area contributed by atoms with Crippen LogP contribution in [0, 0.1) is 6.92 Å². The summed E-state index contributed by atoms with van der Waals surface area (Å²) in [5, 5.41) is 7.47. The lowest BCUT2D eigenvalue weighted by molar-refractivity contribution is 0.0921. The molecular formula is C20H21N5O2. The fraction of sp³-hybridized carbons (Fsp3) is 0.350. The minimum atomic E-state index is -0.100.